The number of aryl methyl sites for hydroxylation is 1. The Morgan fingerprint density at radius 3 is 2.75 bits per heavy atom. The van der Waals surface area contributed by atoms with Gasteiger partial charge in [-0.3, -0.25) is 4.79 Å². The molecule has 6 heteroatoms. The van der Waals surface area contributed by atoms with Gasteiger partial charge in [-0.05, 0) is 49.8 Å². The first-order valence-electron chi connectivity index (χ1n) is 9.66. The number of hydrogen-bond acceptors (Lipinski definition) is 4. The summed E-state index contributed by atoms with van der Waals surface area (Å²) in [6, 6.07) is 16.5. The smallest absolute Gasteiger partial charge is 0.248 e. The quantitative estimate of drug-likeness (QED) is 0.449. The first-order valence-corrected chi connectivity index (χ1v) is 11.6. The number of hydrogen-bond donors (Lipinski definition) is 0. The highest BCUT2D eigenvalue weighted by atomic mass is 32.2. The van der Waals surface area contributed by atoms with Gasteiger partial charge >= 0.3 is 0 Å². The Morgan fingerprint density at radius 1 is 1.18 bits per heavy atom. The highest BCUT2D eigenvalue weighted by Gasteiger charge is 2.08. The average molecular weight is 415 g/mol. The lowest BCUT2D eigenvalue weighted by Crippen LogP contribution is -2.15. The summed E-state index contributed by atoms with van der Waals surface area (Å²) < 4.78 is 8.77. The summed E-state index contributed by atoms with van der Waals surface area (Å²) in [5.74, 6) is 2.76. The van der Waals surface area contributed by atoms with Gasteiger partial charge < -0.3 is 9.30 Å². The topological polar surface area (TPSA) is 43.6 Å². The molecule has 0 bridgehead atoms. The number of carbonyl (C=O) groups is 1. The van der Waals surface area contributed by atoms with Crippen LogP contribution >= 0.6 is 23.1 Å². The number of benzene rings is 2. The van der Waals surface area contributed by atoms with E-state index in [1.807, 2.05) is 43.0 Å². The number of amides is 1. The third-order valence-electron chi connectivity index (χ3n) is 4.29. The molecule has 0 spiro atoms. The summed E-state index contributed by atoms with van der Waals surface area (Å²) in [4.78, 5) is 17.5. The number of carbonyl (C=O) groups excluding carboxylic acids is 1. The number of ether oxygens (including phenoxy) is 1. The lowest BCUT2D eigenvalue weighted by atomic mass is 10.2. The van der Waals surface area contributed by atoms with Gasteiger partial charge in [-0.15, -0.1) is 0 Å². The zero-order valence-corrected chi connectivity index (χ0v) is 18.0. The highest BCUT2D eigenvalue weighted by Crippen LogP contribution is 2.23. The van der Waals surface area contributed by atoms with Crippen LogP contribution in [0.5, 0.6) is 5.75 Å². The molecule has 0 fully saturated rings. The standard InChI is InChI=1S/C22H26N2O2S2/c1-3-24-19-13-12-18(26-4-2)15-20(19)28-22(24)23-21(25)11-8-14-27-16-17-9-6-5-7-10-17/h5-7,9-10,12-13,15H,3-4,8,11,14,16H2,1-2H3. The van der Waals surface area contributed by atoms with Crippen LogP contribution in [0, 0.1) is 0 Å². The number of nitrogens with zero attached hydrogens (tertiary/aromatic N) is 2. The summed E-state index contributed by atoms with van der Waals surface area (Å²) in [6.45, 7) is 5.48. The second kappa shape index (κ2) is 10.5. The van der Waals surface area contributed by atoms with Crippen molar-refractivity contribution in [3.8, 4) is 5.75 Å². The van der Waals surface area contributed by atoms with Gasteiger partial charge in [-0.2, -0.15) is 16.8 Å². The van der Waals surface area contributed by atoms with Crippen LogP contribution in [0.25, 0.3) is 10.2 Å². The molecule has 0 aliphatic rings. The van der Waals surface area contributed by atoms with Crippen LogP contribution in [0.1, 0.15) is 32.3 Å². The Kier molecular flexibility index (Phi) is 7.74. The molecule has 0 aliphatic carbocycles. The lowest BCUT2D eigenvalue weighted by molar-refractivity contribution is -0.118. The predicted molar refractivity (Wildman–Crippen MR) is 119 cm³/mol. The summed E-state index contributed by atoms with van der Waals surface area (Å²) in [7, 11) is 0. The monoisotopic (exact) mass is 414 g/mol. The number of fused-ring (bicyclic) bond motifs is 1. The molecule has 1 amide bonds. The fourth-order valence-corrected chi connectivity index (χ4v) is 5.01. The maximum Gasteiger partial charge on any atom is 0.248 e. The average Bonchev–Trinajstić information content (AvgIpc) is 3.04. The van der Waals surface area contributed by atoms with Gasteiger partial charge in [0.25, 0.3) is 0 Å². The molecule has 1 aromatic heterocycles. The fourth-order valence-electron chi connectivity index (χ4n) is 2.95. The number of thiazole rings is 1. The number of aromatic nitrogens is 1. The molecule has 0 saturated carbocycles. The summed E-state index contributed by atoms with van der Waals surface area (Å²) in [5, 5.41) is 0. The van der Waals surface area contributed by atoms with E-state index in [1.165, 1.54) is 5.56 Å². The van der Waals surface area contributed by atoms with Crippen LogP contribution in [-0.2, 0) is 17.1 Å². The van der Waals surface area contributed by atoms with E-state index in [-0.39, 0.29) is 5.91 Å². The van der Waals surface area contributed by atoms with Crippen molar-refractivity contribution in [1.29, 1.82) is 0 Å². The van der Waals surface area contributed by atoms with E-state index in [4.69, 9.17) is 4.74 Å². The molecule has 0 aliphatic heterocycles. The first kappa shape index (κ1) is 20.7. The molecule has 0 N–H and O–H groups in total. The van der Waals surface area contributed by atoms with Crippen LogP contribution < -0.4 is 9.54 Å². The van der Waals surface area contributed by atoms with E-state index in [2.05, 4.69) is 40.7 Å². The Bertz CT molecular complexity index is 977. The van der Waals surface area contributed by atoms with Gasteiger partial charge in [-0.1, -0.05) is 41.7 Å². The summed E-state index contributed by atoms with van der Waals surface area (Å²) >= 11 is 3.41. The number of rotatable bonds is 9. The van der Waals surface area contributed by atoms with Crippen LogP contribution in [0.2, 0.25) is 0 Å². The van der Waals surface area contributed by atoms with E-state index in [1.54, 1.807) is 11.3 Å². The first-order chi connectivity index (χ1) is 13.7. The number of thioether (sulfide) groups is 1. The van der Waals surface area contributed by atoms with Gasteiger partial charge in [0, 0.05) is 18.7 Å². The van der Waals surface area contributed by atoms with Crippen molar-refractivity contribution in [2.75, 3.05) is 12.4 Å². The Morgan fingerprint density at radius 2 is 2.00 bits per heavy atom. The van der Waals surface area contributed by atoms with E-state index in [0.29, 0.717) is 13.0 Å². The van der Waals surface area contributed by atoms with E-state index in [0.717, 1.165) is 45.2 Å². The molecular formula is C22H26N2O2S2. The molecule has 0 unspecified atom stereocenters. The van der Waals surface area contributed by atoms with Gasteiger partial charge in [0.2, 0.25) is 5.91 Å². The molecule has 0 atom stereocenters. The molecule has 148 valence electrons. The SMILES string of the molecule is CCOc1ccc2c(c1)sc(=NC(=O)CCCSCc1ccccc1)n2CC. The third-order valence-corrected chi connectivity index (χ3v) is 6.45. The summed E-state index contributed by atoms with van der Waals surface area (Å²) in [6.07, 6.45) is 1.34. The van der Waals surface area contributed by atoms with E-state index in [9.17, 15) is 4.79 Å². The maximum atomic E-state index is 12.4. The second-order valence-corrected chi connectivity index (χ2v) is 8.45. The van der Waals surface area contributed by atoms with Crippen LogP contribution in [-0.4, -0.2) is 22.8 Å². The molecule has 0 saturated heterocycles. The minimum absolute atomic E-state index is 0.0425. The molecule has 28 heavy (non-hydrogen) atoms. The van der Waals surface area contributed by atoms with E-state index < -0.39 is 0 Å². The summed E-state index contributed by atoms with van der Waals surface area (Å²) in [5.41, 5.74) is 2.42. The van der Waals surface area contributed by atoms with Gasteiger partial charge in [-0.25, -0.2) is 0 Å². The Labute approximate surface area is 174 Å². The van der Waals surface area contributed by atoms with Crippen molar-refractivity contribution >= 4 is 39.2 Å². The molecule has 4 nitrogen and oxygen atoms in total. The molecule has 3 aromatic rings. The maximum absolute atomic E-state index is 12.4. The Balaban J connectivity index is 1.60. The molecular weight excluding hydrogens is 388 g/mol. The lowest BCUT2D eigenvalue weighted by Gasteiger charge is -2.03. The minimum atomic E-state index is -0.0425. The largest absolute Gasteiger partial charge is 0.494 e. The third kappa shape index (κ3) is 5.49. The minimum Gasteiger partial charge on any atom is -0.494 e. The van der Waals surface area contributed by atoms with Crippen LogP contribution in [0.15, 0.2) is 53.5 Å². The van der Waals surface area contributed by atoms with Crippen molar-refractivity contribution in [2.24, 2.45) is 4.99 Å². The van der Waals surface area contributed by atoms with Gasteiger partial charge in [0.15, 0.2) is 4.80 Å². The van der Waals surface area contributed by atoms with Crippen molar-refractivity contribution < 1.29 is 9.53 Å². The van der Waals surface area contributed by atoms with Gasteiger partial charge in [0.05, 0.1) is 16.8 Å². The predicted octanol–water partition coefficient (Wildman–Crippen LogP) is 5.26. The van der Waals surface area contributed by atoms with Crippen LogP contribution in [0.4, 0.5) is 0 Å². The molecule has 3 rings (SSSR count). The highest BCUT2D eigenvalue weighted by molar-refractivity contribution is 7.98. The van der Waals surface area contributed by atoms with E-state index >= 15 is 0 Å². The second-order valence-electron chi connectivity index (χ2n) is 6.34. The van der Waals surface area contributed by atoms with Crippen molar-refractivity contribution in [1.82, 2.24) is 4.57 Å². The zero-order valence-electron chi connectivity index (χ0n) is 16.4. The van der Waals surface area contributed by atoms with Crippen molar-refractivity contribution in [3.63, 3.8) is 0 Å². The molecule has 2 aromatic carbocycles. The normalized spacial score (nSPS) is 11.9. The van der Waals surface area contributed by atoms with Crippen molar-refractivity contribution in [3.05, 3.63) is 58.9 Å². The fraction of sp³-hybridized carbons (Fsp3) is 0.364. The van der Waals surface area contributed by atoms with Gasteiger partial charge in [0.1, 0.15) is 5.75 Å². The van der Waals surface area contributed by atoms with Crippen molar-refractivity contribution in [2.45, 2.75) is 39.0 Å². The van der Waals surface area contributed by atoms with Crippen LogP contribution in [0.3, 0.4) is 0 Å². The molecule has 0 radical (unpaired) electrons. The molecule has 1 heterocycles. The zero-order chi connectivity index (χ0) is 19.8. The Hall–Kier alpha value is -2.05.